The van der Waals surface area contributed by atoms with Crippen LogP contribution in [0.1, 0.15) is 39.5 Å². The molecule has 0 spiro atoms. The van der Waals surface area contributed by atoms with E-state index in [4.69, 9.17) is 16.6 Å². The van der Waals surface area contributed by atoms with Crippen molar-refractivity contribution in [3.05, 3.63) is 108 Å². The first-order valence-electron chi connectivity index (χ1n) is 10.4. The number of thiocarbonyl (C=S) groups is 1. The summed E-state index contributed by atoms with van der Waals surface area (Å²) in [6.07, 6.45) is 5.27. The van der Waals surface area contributed by atoms with Crippen LogP contribution in [-0.2, 0) is 6.54 Å². The van der Waals surface area contributed by atoms with Crippen LogP contribution in [0.3, 0.4) is 0 Å². The van der Waals surface area contributed by atoms with Gasteiger partial charge in [-0.1, -0.05) is 18.2 Å². The topological polar surface area (TPSA) is 91.5 Å². The van der Waals surface area contributed by atoms with Crippen molar-refractivity contribution in [2.24, 2.45) is 0 Å². The van der Waals surface area contributed by atoms with E-state index >= 15 is 0 Å². The Kier molecular flexibility index (Phi) is 5.58. The molecule has 4 aromatic rings. The van der Waals surface area contributed by atoms with Crippen LogP contribution in [0.25, 0.3) is 11.3 Å². The van der Waals surface area contributed by atoms with Crippen molar-refractivity contribution in [2.75, 3.05) is 0 Å². The molecule has 0 aliphatic carbocycles. The normalized spacial score (nSPS) is 17.7. The number of hydrogen-bond acceptors (Lipinski definition) is 5. The largest absolute Gasteiger partial charge is 0.478 e. The Morgan fingerprint density at radius 1 is 1.06 bits per heavy atom. The molecule has 0 bridgehead atoms. The summed E-state index contributed by atoms with van der Waals surface area (Å²) in [7, 11) is 0. The molecule has 0 saturated carbocycles. The maximum atomic E-state index is 11.4. The average Bonchev–Trinajstić information content (AvgIpc) is 3.45. The molecule has 2 N–H and O–H groups in total. The fourth-order valence-electron chi connectivity index (χ4n) is 4.04. The van der Waals surface area contributed by atoms with E-state index in [1.54, 1.807) is 36.8 Å². The minimum atomic E-state index is -0.979. The second kappa shape index (κ2) is 8.84. The molecule has 1 fully saturated rings. The summed E-state index contributed by atoms with van der Waals surface area (Å²) >= 11 is 5.70. The molecular formula is C25H20N4O3S. The van der Waals surface area contributed by atoms with Crippen LogP contribution in [0.2, 0.25) is 0 Å². The lowest BCUT2D eigenvalue weighted by molar-refractivity contribution is 0.0697. The van der Waals surface area contributed by atoms with Crippen molar-refractivity contribution >= 4 is 23.3 Å². The van der Waals surface area contributed by atoms with E-state index in [0.29, 0.717) is 28.7 Å². The van der Waals surface area contributed by atoms with Crippen molar-refractivity contribution in [2.45, 2.75) is 18.6 Å². The Morgan fingerprint density at radius 2 is 1.91 bits per heavy atom. The quantitative estimate of drug-likeness (QED) is 0.407. The molecule has 1 aliphatic rings. The van der Waals surface area contributed by atoms with Crippen LogP contribution in [0.15, 0.2) is 89.7 Å². The van der Waals surface area contributed by atoms with Crippen molar-refractivity contribution in [1.29, 1.82) is 0 Å². The van der Waals surface area contributed by atoms with Gasteiger partial charge in [-0.2, -0.15) is 0 Å². The molecule has 0 amide bonds. The van der Waals surface area contributed by atoms with Gasteiger partial charge in [0.2, 0.25) is 0 Å². The molecule has 8 heteroatoms. The summed E-state index contributed by atoms with van der Waals surface area (Å²) in [5.41, 5.74) is 2.83. The molecule has 1 saturated heterocycles. The van der Waals surface area contributed by atoms with Crippen molar-refractivity contribution in [3.8, 4) is 11.3 Å². The van der Waals surface area contributed by atoms with Gasteiger partial charge in [-0.3, -0.25) is 9.97 Å². The van der Waals surface area contributed by atoms with Crippen LogP contribution >= 0.6 is 12.2 Å². The number of hydrogen-bond donors (Lipinski definition) is 2. The van der Waals surface area contributed by atoms with E-state index in [1.165, 1.54) is 0 Å². The maximum Gasteiger partial charge on any atom is 0.335 e. The number of aromatic nitrogens is 2. The smallest absolute Gasteiger partial charge is 0.335 e. The predicted octanol–water partition coefficient (Wildman–Crippen LogP) is 4.61. The van der Waals surface area contributed by atoms with Gasteiger partial charge in [0, 0.05) is 30.7 Å². The molecule has 3 aromatic heterocycles. The Morgan fingerprint density at radius 3 is 2.67 bits per heavy atom. The average molecular weight is 457 g/mol. The highest BCUT2D eigenvalue weighted by molar-refractivity contribution is 7.80. The summed E-state index contributed by atoms with van der Waals surface area (Å²) < 4.78 is 6.28. The first-order chi connectivity index (χ1) is 16.1. The predicted molar refractivity (Wildman–Crippen MR) is 126 cm³/mol. The lowest BCUT2D eigenvalue weighted by Crippen LogP contribution is -2.29. The van der Waals surface area contributed by atoms with E-state index in [-0.39, 0.29) is 17.6 Å². The highest BCUT2D eigenvalue weighted by atomic mass is 32.1. The van der Waals surface area contributed by atoms with Gasteiger partial charge in [0.05, 0.1) is 17.3 Å². The van der Waals surface area contributed by atoms with Gasteiger partial charge in [0.1, 0.15) is 17.6 Å². The minimum Gasteiger partial charge on any atom is -0.478 e. The summed E-state index contributed by atoms with van der Waals surface area (Å²) in [4.78, 5) is 22.1. The lowest BCUT2D eigenvalue weighted by atomic mass is 10.0. The number of carbonyl (C=O) groups is 1. The van der Waals surface area contributed by atoms with Crippen LogP contribution in [-0.4, -0.2) is 31.1 Å². The van der Waals surface area contributed by atoms with Crippen LogP contribution in [0, 0.1) is 0 Å². The maximum absolute atomic E-state index is 11.4. The Hall–Kier alpha value is -4.04. The number of nitrogens with one attached hydrogen (secondary N) is 1. The van der Waals surface area contributed by atoms with Gasteiger partial charge >= 0.3 is 5.97 Å². The fourth-order valence-corrected chi connectivity index (χ4v) is 4.35. The van der Waals surface area contributed by atoms with E-state index in [9.17, 15) is 9.90 Å². The SMILES string of the molecule is O=C(O)c1cccc(-c2ccc([C@@H]3[C@H](c4ccccn4)NC(=S)N3Cc3ccncc3)o2)c1. The first kappa shape index (κ1) is 20.8. The number of furan rings is 1. The van der Waals surface area contributed by atoms with Crippen LogP contribution < -0.4 is 5.32 Å². The molecule has 164 valence electrons. The monoisotopic (exact) mass is 456 g/mol. The highest BCUT2D eigenvalue weighted by Crippen LogP contribution is 2.41. The summed E-state index contributed by atoms with van der Waals surface area (Å²) in [6.45, 7) is 0.576. The number of carboxylic acids is 1. The zero-order chi connectivity index (χ0) is 22.8. The Labute approximate surface area is 195 Å². The van der Waals surface area contributed by atoms with E-state index in [1.807, 2.05) is 48.5 Å². The van der Waals surface area contributed by atoms with Crippen molar-refractivity contribution in [3.63, 3.8) is 0 Å². The van der Waals surface area contributed by atoms with E-state index in [2.05, 4.69) is 20.2 Å². The van der Waals surface area contributed by atoms with Gasteiger partial charge in [-0.05, 0) is 66.3 Å². The molecule has 2 atom stereocenters. The number of benzene rings is 1. The molecule has 0 radical (unpaired) electrons. The third-order valence-corrected chi connectivity index (χ3v) is 5.96. The summed E-state index contributed by atoms with van der Waals surface area (Å²) in [5, 5.41) is 13.3. The molecule has 7 nitrogen and oxygen atoms in total. The molecule has 33 heavy (non-hydrogen) atoms. The molecule has 5 rings (SSSR count). The van der Waals surface area contributed by atoms with Crippen LogP contribution in [0.5, 0.6) is 0 Å². The van der Waals surface area contributed by atoms with Gasteiger partial charge in [-0.15, -0.1) is 0 Å². The number of rotatable bonds is 6. The number of aromatic carboxylic acids is 1. The molecule has 0 unspecified atom stereocenters. The van der Waals surface area contributed by atoms with Crippen LogP contribution in [0.4, 0.5) is 0 Å². The van der Waals surface area contributed by atoms with E-state index in [0.717, 1.165) is 11.3 Å². The number of pyridine rings is 2. The number of carboxylic acid groups (broad SMARTS) is 1. The van der Waals surface area contributed by atoms with Gasteiger partial charge < -0.3 is 19.7 Å². The minimum absolute atomic E-state index is 0.204. The first-order valence-corrected chi connectivity index (χ1v) is 10.8. The molecule has 1 aliphatic heterocycles. The molecule has 4 heterocycles. The van der Waals surface area contributed by atoms with Gasteiger partial charge in [-0.25, -0.2) is 4.79 Å². The molecular weight excluding hydrogens is 436 g/mol. The van der Waals surface area contributed by atoms with Crippen molar-refractivity contribution < 1.29 is 14.3 Å². The van der Waals surface area contributed by atoms with Gasteiger partial charge in [0.25, 0.3) is 0 Å². The van der Waals surface area contributed by atoms with Gasteiger partial charge in [0.15, 0.2) is 5.11 Å². The second-order valence-electron chi connectivity index (χ2n) is 7.70. The standard InChI is InChI=1S/C25H20N4O3S/c30-24(31)18-5-3-4-17(14-18)20-7-8-21(32-20)23-22(19-6-1-2-11-27-19)28-25(33)29(23)15-16-9-12-26-13-10-16/h1-14,22-23H,15H2,(H,28,33)(H,30,31)/t22-,23+/m0/s1. The highest BCUT2D eigenvalue weighted by Gasteiger charge is 2.41. The third-order valence-electron chi connectivity index (χ3n) is 5.61. The Balaban J connectivity index is 1.53. The Bertz CT molecular complexity index is 1290. The fraction of sp³-hybridized carbons (Fsp3) is 0.120. The van der Waals surface area contributed by atoms with E-state index < -0.39 is 5.97 Å². The lowest BCUT2D eigenvalue weighted by Gasteiger charge is -2.26. The molecule has 1 aromatic carbocycles. The summed E-state index contributed by atoms with van der Waals surface area (Å²) in [5.74, 6) is 0.324. The number of nitrogens with zero attached hydrogens (tertiary/aromatic N) is 3. The zero-order valence-electron chi connectivity index (χ0n) is 17.5. The second-order valence-corrected chi connectivity index (χ2v) is 8.08. The summed E-state index contributed by atoms with van der Waals surface area (Å²) in [6, 6.07) is 19.7. The van der Waals surface area contributed by atoms with Crippen molar-refractivity contribution in [1.82, 2.24) is 20.2 Å². The third kappa shape index (κ3) is 4.20. The zero-order valence-corrected chi connectivity index (χ0v) is 18.3.